The third-order valence-corrected chi connectivity index (χ3v) is 4.09. The van der Waals surface area contributed by atoms with E-state index in [9.17, 15) is 0 Å². The Labute approximate surface area is 153 Å². The number of benzene rings is 1. The predicted molar refractivity (Wildman–Crippen MR) is 98.1 cm³/mol. The van der Waals surface area contributed by atoms with Crippen molar-refractivity contribution in [2.75, 3.05) is 6.61 Å². The molecule has 3 aromatic rings. The smallest absolute Gasteiger partial charge is 0.204 e. The minimum Gasteiger partial charge on any atom is -0.493 e. The molecule has 7 heteroatoms. The lowest BCUT2D eigenvalue weighted by molar-refractivity contribution is 0.296. The van der Waals surface area contributed by atoms with Gasteiger partial charge in [0.25, 0.3) is 0 Å². The van der Waals surface area contributed by atoms with E-state index in [4.69, 9.17) is 9.26 Å². The van der Waals surface area contributed by atoms with Gasteiger partial charge in [0.1, 0.15) is 11.5 Å². The molecule has 0 aliphatic rings. The standard InChI is InChI=1S/C19H25N5O2/c1-5-8-24-21-19(20-23-24)16-10-13(2)18(14(3)11-16)25-9-6-7-17-12-15(4)22-26-17/h10-12H,5-9H2,1-4H3. The molecule has 1 aromatic carbocycles. The van der Waals surface area contributed by atoms with Crippen LogP contribution in [0.3, 0.4) is 0 Å². The summed E-state index contributed by atoms with van der Waals surface area (Å²) in [4.78, 5) is 1.63. The van der Waals surface area contributed by atoms with Crippen LogP contribution in [0.4, 0.5) is 0 Å². The SMILES string of the molecule is CCCn1nnc(-c2cc(C)c(OCCCc3cc(C)no3)c(C)c2)n1. The molecule has 0 aliphatic heterocycles. The first kappa shape index (κ1) is 18.1. The van der Waals surface area contributed by atoms with Crippen molar-refractivity contribution in [3.63, 3.8) is 0 Å². The number of hydrogen-bond donors (Lipinski definition) is 0. The minimum absolute atomic E-state index is 0.631. The van der Waals surface area contributed by atoms with E-state index in [2.05, 4.69) is 39.6 Å². The van der Waals surface area contributed by atoms with Crippen molar-refractivity contribution >= 4 is 0 Å². The van der Waals surface area contributed by atoms with Gasteiger partial charge in [0.05, 0.1) is 18.8 Å². The molecule has 0 fully saturated rings. The van der Waals surface area contributed by atoms with Crippen LogP contribution in [0, 0.1) is 20.8 Å². The zero-order valence-corrected chi connectivity index (χ0v) is 15.8. The van der Waals surface area contributed by atoms with E-state index in [1.165, 1.54) is 0 Å². The number of ether oxygens (including phenoxy) is 1. The van der Waals surface area contributed by atoms with Gasteiger partial charge in [0.15, 0.2) is 0 Å². The summed E-state index contributed by atoms with van der Waals surface area (Å²) >= 11 is 0. The molecule has 3 rings (SSSR count). The Bertz CT molecular complexity index is 845. The van der Waals surface area contributed by atoms with Gasteiger partial charge in [-0.3, -0.25) is 0 Å². The first-order chi connectivity index (χ1) is 12.6. The molecule has 0 saturated carbocycles. The fourth-order valence-electron chi connectivity index (χ4n) is 2.92. The van der Waals surface area contributed by atoms with Crippen LogP contribution in [0.15, 0.2) is 22.7 Å². The molecule has 2 aromatic heterocycles. The van der Waals surface area contributed by atoms with Gasteiger partial charge < -0.3 is 9.26 Å². The lowest BCUT2D eigenvalue weighted by Gasteiger charge is -2.13. The molecular weight excluding hydrogens is 330 g/mol. The molecule has 0 bridgehead atoms. The Kier molecular flexibility index (Phi) is 5.65. The van der Waals surface area contributed by atoms with Gasteiger partial charge in [-0.15, -0.1) is 10.2 Å². The van der Waals surface area contributed by atoms with Crippen LogP contribution in [0.25, 0.3) is 11.4 Å². The average Bonchev–Trinajstić information content (AvgIpc) is 3.23. The highest BCUT2D eigenvalue weighted by atomic mass is 16.5. The third-order valence-electron chi connectivity index (χ3n) is 4.09. The maximum absolute atomic E-state index is 6.01. The molecule has 26 heavy (non-hydrogen) atoms. The summed E-state index contributed by atoms with van der Waals surface area (Å²) in [6.45, 7) is 9.51. The highest BCUT2D eigenvalue weighted by Gasteiger charge is 2.12. The highest BCUT2D eigenvalue weighted by molar-refractivity contribution is 5.60. The normalized spacial score (nSPS) is 11.1. The summed E-state index contributed by atoms with van der Waals surface area (Å²) < 4.78 is 11.2. The van der Waals surface area contributed by atoms with Crippen molar-refractivity contribution < 1.29 is 9.26 Å². The molecule has 0 amide bonds. The molecule has 0 atom stereocenters. The van der Waals surface area contributed by atoms with Gasteiger partial charge in [0.2, 0.25) is 5.82 Å². The molecule has 0 unspecified atom stereocenters. The minimum atomic E-state index is 0.631. The molecule has 138 valence electrons. The van der Waals surface area contributed by atoms with Crippen molar-refractivity contribution in [2.45, 2.75) is 53.5 Å². The number of aromatic nitrogens is 5. The molecule has 0 saturated heterocycles. The van der Waals surface area contributed by atoms with E-state index in [1.54, 1.807) is 4.80 Å². The Morgan fingerprint density at radius 2 is 1.88 bits per heavy atom. The Hall–Kier alpha value is -2.70. The number of aryl methyl sites for hydroxylation is 5. The molecule has 0 radical (unpaired) electrons. The zero-order valence-electron chi connectivity index (χ0n) is 15.8. The van der Waals surface area contributed by atoms with Crippen molar-refractivity contribution in [3.8, 4) is 17.1 Å². The van der Waals surface area contributed by atoms with E-state index in [-0.39, 0.29) is 0 Å². The van der Waals surface area contributed by atoms with Crippen LogP contribution < -0.4 is 4.74 Å². The van der Waals surface area contributed by atoms with Crippen molar-refractivity contribution in [2.24, 2.45) is 0 Å². The average molecular weight is 355 g/mol. The third kappa shape index (κ3) is 4.28. The first-order valence-corrected chi connectivity index (χ1v) is 9.01. The summed E-state index contributed by atoms with van der Waals surface area (Å²) in [5.41, 5.74) is 4.02. The molecule has 0 aliphatic carbocycles. The van der Waals surface area contributed by atoms with Crippen molar-refractivity contribution in [3.05, 3.63) is 40.8 Å². The maximum atomic E-state index is 6.01. The van der Waals surface area contributed by atoms with Gasteiger partial charge >= 0.3 is 0 Å². The van der Waals surface area contributed by atoms with Crippen molar-refractivity contribution in [1.29, 1.82) is 0 Å². The Morgan fingerprint density at radius 1 is 1.12 bits per heavy atom. The predicted octanol–water partition coefficient (Wildman–Crippen LogP) is 3.67. The summed E-state index contributed by atoms with van der Waals surface area (Å²) in [6, 6.07) is 6.06. The van der Waals surface area contributed by atoms with E-state index in [1.807, 2.05) is 26.8 Å². The van der Waals surface area contributed by atoms with E-state index in [0.717, 1.165) is 59.7 Å². The molecular formula is C19H25N5O2. The summed E-state index contributed by atoms with van der Waals surface area (Å²) in [5, 5.41) is 16.6. The summed E-state index contributed by atoms with van der Waals surface area (Å²) in [5.74, 6) is 2.47. The second-order valence-corrected chi connectivity index (χ2v) is 6.53. The molecule has 2 heterocycles. The van der Waals surface area contributed by atoms with Gasteiger partial charge in [0, 0.05) is 18.1 Å². The lowest BCUT2D eigenvalue weighted by atomic mass is 10.1. The van der Waals surface area contributed by atoms with Crippen molar-refractivity contribution in [1.82, 2.24) is 25.4 Å². The van der Waals surface area contributed by atoms with Gasteiger partial charge in [-0.05, 0) is 62.1 Å². The fraction of sp³-hybridized carbons (Fsp3) is 0.474. The van der Waals surface area contributed by atoms with Crippen LogP contribution in [-0.4, -0.2) is 32.0 Å². The maximum Gasteiger partial charge on any atom is 0.204 e. The van der Waals surface area contributed by atoms with E-state index < -0.39 is 0 Å². The van der Waals surface area contributed by atoms with E-state index in [0.29, 0.717) is 12.4 Å². The van der Waals surface area contributed by atoms with Crippen LogP contribution in [0.2, 0.25) is 0 Å². The van der Waals surface area contributed by atoms with E-state index >= 15 is 0 Å². The van der Waals surface area contributed by atoms with Crippen LogP contribution in [0.5, 0.6) is 5.75 Å². The molecule has 0 spiro atoms. The van der Waals surface area contributed by atoms with Crippen LogP contribution in [-0.2, 0) is 13.0 Å². The van der Waals surface area contributed by atoms with Crippen LogP contribution in [0.1, 0.15) is 42.3 Å². The van der Waals surface area contributed by atoms with Gasteiger partial charge in [-0.1, -0.05) is 12.1 Å². The Morgan fingerprint density at radius 3 is 2.54 bits per heavy atom. The second-order valence-electron chi connectivity index (χ2n) is 6.53. The number of nitrogens with zero attached hydrogens (tertiary/aromatic N) is 5. The number of tetrazole rings is 1. The quantitative estimate of drug-likeness (QED) is 0.574. The van der Waals surface area contributed by atoms with Gasteiger partial charge in [-0.2, -0.15) is 4.80 Å². The topological polar surface area (TPSA) is 78.9 Å². The first-order valence-electron chi connectivity index (χ1n) is 9.01. The highest BCUT2D eigenvalue weighted by Crippen LogP contribution is 2.28. The zero-order chi connectivity index (χ0) is 18.5. The van der Waals surface area contributed by atoms with Gasteiger partial charge in [-0.25, -0.2) is 0 Å². The fourth-order valence-corrected chi connectivity index (χ4v) is 2.92. The Balaban J connectivity index is 1.63. The molecule has 0 N–H and O–H groups in total. The lowest BCUT2D eigenvalue weighted by Crippen LogP contribution is -2.03. The number of rotatable bonds is 8. The largest absolute Gasteiger partial charge is 0.493 e. The van der Waals surface area contributed by atoms with Crippen LogP contribution >= 0.6 is 0 Å². The molecule has 7 nitrogen and oxygen atoms in total. The number of hydrogen-bond acceptors (Lipinski definition) is 6. The monoisotopic (exact) mass is 355 g/mol. The summed E-state index contributed by atoms with van der Waals surface area (Å²) in [7, 11) is 0. The second kappa shape index (κ2) is 8.12. The summed E-state index contributed by atoms with van der Waals surface area (Å²) in [6.07, 6.45) is 2.68.